The van der Waals surface area contributed by atoms with E-state index in [4.69, 9.17) is 9.15 Å². The van der Waals surface area contributed by atoms with Gasteiger partial charge in [0.2, 0.25) is 0 Å². The van der Waals surface area contributed by atoms with Crippen molar-refractivity contribution in [1.29, 1.82) is 0 Å². The van der Waals surface area contributed by atoms with E-state index in [2.05, 4.69) is 31.0 Å². The van der Waals surface area contributed by atoms with Crippen molar-refractivity contribution in [3.8, 4) is 6.01 Å². The number of carbonyl (C=O) groups excluding carboxylic acids is 1. The van der Waals surface area contributed by atoms with E-state index in [0.717, 1.165) is 25.7 Å². The summed E-state index contributed by atoms with van der Waals surface area (Å²) in [4.78, 5) is 34.7. The molecule has 0 aliphatic heterocycles. The minimum atomic E-state index is -0.362. The number of anilines is 3. The Balaban J connectivity index is 1.45. The Kier molecular flexibility index (Phi) is 6.19. The lowest BCUT2D eigenvalue weighted by Crippen LogP contribution is -2.40. The van der Waals surface area contributed by atoms with Crippen molar-refractivity contribution in [2.24, 2.45) is 0 Å². The Morgan fingerprint density at radius 1 is 1.31 bits per heavy atom. The third-order valence-electron chi connectivity index (χ3n) is 6.10. The molecule has 3 N–H and O–H groups in total. The molecule has 0 spiro atoms. The van der Waals surface area contributed by atoms with Gasteiger partial charge < -0.3 is 25.1 Å². The van der Waals surface area contributed by atoms with Crippen molar-refractivity contribution in [3.63, 3.8) is 0 Å². The molecule has 0 radical (unpaired) electrons. The van der Waals surface area contributed by atoms with Gasteiger partial charge in [-0.05, 0) is 37.8 Å². The van der Waals surface area contributed by atoms with Crippen LogP contribution in [-0.2, 0) is 4.74 Å². The summed E-state index contributed by atoms with van der Waals surface area (Å²) >= 11 is 0. The first kappa shape index (κ1) is 22.6. The Morgan fingerprint density at radius 2 is 2.20 bits per heavy atom. The van der Waals surface area contributed by atoms with Crippen LogP contribution in [0.3, 0.4) is 0 Å². The zero-order chi connectivity index (χ0) is 24.4. The zero-order valence-electron chi connectivity index (χ0n) is 19.4. The summed E-state index contributed by atoms with van der Waals surface area (Å²) in [5.41, 5.74) is 0.608. The molecule has 4 aromatic rings. The SMILES string of the molecule is CNc1cc(Nc2cccn(-c3ncco3)c2=O)nc2c(C(=O)NC3CCC[C@H](OC)C3)cnn12. The van der Waals surface area contributed by atoms with Crippen LogP contribution < -0.4 is 21.5 Å². The summed E-state index contributed by atoms with van der Waals surface area (Å²) in [6, 6.07) is 5.21. The summed E-state index contributed by atoms with van der Waals surface area (Å²) in [6.07, 6.45) is 9.73. The maximum Gasteiger partial charge on any atom is 0.308 e. The summed E-state index contributed by atoms with van der Waals surface area (Å²) < 4.78 is 13.6. The van der Waals surface area contributed by atoms with Crippen LogP contribution in [-0.4, -0.2) is 56.4 Å². The first-order chi connectivity index (χ1) is 17.1. The number of fused-ring (bicyclic) bond motifs is 1. The third kappa shape index (κ3) is 4.47. The van der Waals surface area contributed by atoms with Crippen LogP contribution in [0.2, 0.25) is 0 Å². The zero-order valence-corrected chi connectivity index (χ0v) is 19.4. The topological polar surface area (TPSA) is 141 Å². The molecule has 1 amide bonds. The molecule has 1 saturated carbocycles. The average Bonchev–Trinajstić information content (AvgIpc) is 3.55. The predicted octanol–water partition coefficient (Wildman–Crippen LogP) is 2.34. The fourth-order valence-electron chi connectivity index (χ4n) is 4.33. The van der Waals surface area contributed by atoms with E-state index in [1.54, 1.807) is 43.1 Å². The number of nitrogens with one attached hydrogen (secondary N) is 3. The molecule has 0 bridgehead atoms. The highest BCUT2D eigenvalue weighted by atomic mass is 16.5. The molecule has 1 aliphatic carbocycles. The van der Waals surface area contributed by atoms with Crippen LogP contribution in [0.15, 0.2) is 52.3 Å². The van der Waals surface area contributed by atoms with E-state index in [0.29, 0.717) is 22.8 Å². The number of nitrogens with zero attached hydrogens (tertiary/aromatic N) is 5. The third-order valence-corrected chi connectivity index (χ3v) is 6.10. The fraction of sp³-hybridized carbons (Fsp3) is 0.348. The summed E-state index contributed by atoms with van der Waals surface area (Å²) in [5, 5.41) is 13.5. The first-order valence-electron chi connectivity index (χ1n) is 11.4. The van der Waals surface area contributed by atoms with Crippen LogP contribution in [0, 0.1) is 0 Å². The van der Waals surface area contributed by atoms with Crippen molar-refractivity contribution >= 4 is 28.9 Å². The normalized spacial score (nSPS) is 17.9. The van der Waals surface area contributed by atoms with Gasteiger partial charge >= 0.3 is 6.01 Å². The van der Waals surface area contributed by atoms with Gasteiger partial charge in [0.05, 0.1) is 18.5 Å². The molecule has 1 fully saturated rings. The minimum absolute atomic E-state index is 0.0271. The predicted molar refractivity (Wildman–Crippen MR) is 128 cm³/mol. The van der Waals surface area contributed by atoms with Gasteiger partial charge in [-0.3, -0.25) is 9.59 Å². The van der Waals surface area contributed by atoms with Gasteiger partial charge in [-0.15, -0.1) is 0 Å². The van der Waals surface area contributed by atoms with Crippen LogP contribution in [0.5, 0.6) is 0 Å². The number of aromatic nitrogens is 5. The lowest BCUT2D eigenvalue weighted by atomic mass is 9.92. The van der Waals surface area contributed by atoms with Gasteiger partial charge in [-0.1, -0.05) is 0 Å². The minimum Gasteiger partial charge on any atom is -0.432 e. The largest absolute Gasteiger partial charge is 0.432 e. The Hall–Kier alpha value is -4.19. The molecular weight excluding hydrogens is 452 g/mol. The molecule has 35 heavy (non-hydrogen) atoms. The number of oxazole rings is 1. The lowest BCUT2D eigenvalue weighted by Gasteiger charge is -2.28. The van der Waals surface area contributed by atoms with E-state index in [1.807, 2.05) is 0 Å². The van der Waals surface area contributed by atoms with Crippen molar-refractivity contribution in [2.45, 2.75) is 37.8 Å². The highest BCUT2D eigenvalue weighted by Crippen LogP contribution is 2.23. The van der Waals surface area contributed by atoms with E-state index in [9.17, 15) is 9.59 Å². The average molecular weight is 479 g/mol. The van der Waals surface area contributed by atoms with Gasteiger partial charge in [-0.2, -0.15) is 9.61 Å². The molecule has 4 heterocycles. The van der Waals surface area contributed by atoms with Gasteiger partial charge in [-0.25, -0.2) is 14.5 Å². The van der Waals surface area contributed by atoms with Gasteiger partial charge in [0.25, 0.3) is 11.5 Å². The smallest absolute Gasteiger partial charge is 0.308 e. The number of rotatable bonds is 7. The molecule has 5 rings (SSSR count). The molecule has 12 heteroatoms. The second-order valence-electron chi connectivity index (χ2n) is 8.30. The van der Waals surface area contributed by atoms with Gasteiger partial charge in [0, 0.05) is 32.5 Å². The number of ether oxygens (including phenoxy) is 1. The molecule has 4 aromatic heterocycles. The summed E-state index contributed by atoms with van der Waals surface area (Å²) in [7, 11) is 3.44. The standard InChI is InChI=1S/C23H26N8O4/c1-24-19-12-18(28-17-7-4-9-30(22(17)33)23-25-8-10-35-23)29-20-16(13-26-31(19)20)21(32)27-14-5-3-6-15(11-14)34-2/h4,7-10,12-15,24H,3,5-6,11H2,1-2H3,(H,27,32)(H,28,29)/t14?,15-/m0/s1. The molecule has 1 aliphatic rings. The second-order valence-corrected chi connectivity index (χ2v) is 8.30. The maximum absolute atomic E-state index is 13.1. The van der Waals surface area contributed by atoms with Crippen molar-refractivity contribution in [1.82, 2.24) is 29.5 Å². The van der Waals surface area contributed by atoms with E-state index in [-0.39, 0.29) is 35.3 Å². The van der Waals surface area contributed by atoms with E-state index < -0.39 is 0 Å². The van der Waals surface area contributed by atoms with Crippen LogP contribution in [0.1, 0.15) is 36.0 Å². The lowest BCUT2D eigenvalue weighted by molar-refractivity contribution is 0.0563. The molecule has 1 unspecified atom stereocenters. The highest BCUT2D eigenvalue weighted by molar-refractivity contribution is 6.00. The number of pyridine rings is 1. The molecule has 182 valence electrons. The molecular formula is C23H26N8O4. The number of carbonyl (C=O) groups is 1. The van der Waals surface area contributed by atoms with E-state index >= 15 is 0 Å². The van der Waals surface area contributed by atoms with Crippen LogP contribution >= 0.6 is 0 Å². The highest BCUT2D eigenvalue weighted by Gasteiger charge is 2.25. The van der Waals surface area contributed by atoms with Crippen molar-refractivity contribution in [2.75, 3.05) is 24.8 Å². The monoisotopic (exact) mass is 478 g/mol. The number of amides is 1. The Bertz CT molecular complexity index is 1390. The first-order valence-corrected chi connectivity index (χ1v) is 11.4. The van der Waals surface area contributed by atoms with Crippen molar-refractivity contribution < 1.29 is 13.9 Å². The molecule has 0 saturated heterocycles. The maximum atomic E-state index is 13.1. The van der Waals surface area contributed by atoms with Crippen molar-refractivity contribution in [3.05, 3.63) is 59.0 Å². The summed E-state index contributed by atoms with van der Waals surface area (Å²) in [6.45, 7) is 0. The summed E-state index contributed by atoms with van der Waals surface area (Å²) in [5.74, 6) is 0.716. The van der Waals surface area contributed by atoms with Gasteiger partial charge in [0.1, 0.15) is 29.1 Å². The fourth-order valence-corrected chi connectivity index (χ4v) is 4.33. The molecule has 0 aromatic carbocycles. The Morgan fingerprint density at radius 3 is 2.97 bits per heavy atom. The van der Waals surface area contributed by atoms with Crippen LogP contribution in [0.25, 0.3) is 11.7 Å². The Labute approximate surface area is 200 Å². The quantitative estimate of drug-likeness (QED) is 0.365. The number of hydrogen-bond donors (Lipinski definition) is 3. The molecule has 12 nitrogen and oxygen atoms in total. The molecule has 2 atom stereocenters. The van der Waals surface area contributed by atoms with E-state index in [1.165, 1.54) is 23.2 Å². The second kappa shape index (κ2) is 9.58. The van der Waals surface area contributed by atoms with Crippen LogP contribution in [0.4, 0.5) is 17.3 Å². The number of methoxy groups -OCH3 is 1. The van der Waals surface area contributed by atoms with Gasteiger partial charge in [0.15, 0.2) is 5.65 Å². The number of hydrogen-bond acceptors (Lipinski definition) is 9.